The Labute approximate surface area is 125 Å². The molecule has 21 heavy (non-hydrogen) atoms. The van der Waals surface area contributed by atoms with E-state index in [0.29, 0.717) is 5.69 Å². The molecule has 0 atom stereocenters. The number of amides is 1. The summed E-state index contributed by atoms with van der Waals surface area (Å²) in [5, 5.41) is 8.02. The van der Waals surface area contributed by atoms with Crippen molar-refractivity contribution in [2.75, 3.05) is 5.32 Å². The van der Waals surface area contributed by atoms with Crippen LogP contribution in [-0.4, -0.2) is 20.5 Å². The Morgan fingerprint density at radius 1 is 1.33 bits per heavy atom. The Bertz CT molecular complexity index is 833. The molecular formula is C15H12N4OS. The van der Waals surface area contributed by atoms with Crippen LogP contribution >= 0.6 is 11.3 Å². The highest BCUT2D eigenvalue weighted by Crippen LogP contribution is 2.23. The highest BCUT2D eigenvalue weighted by Gasteiger charge is 2.08. The number of aryl methyl sites for hydroxylation is 1. The van der Waals surface area contributed by atoms with E-state index in [1.807, 2.05) is 37.4 Å². The highest BCUT2D eigenvalue weighted by molar-refractivity contribution is 7.16. The van der Waals surface area contributed by atoms with Crippen molar-refractivity contribution >= 4 is 27.9 Å². The van der Waals surface area contributed by atoms with Gasteiger partial charge in [0.1, 0.15) is 5.01 Å². The topological polar surface area (TPSA) is 59.3 Å². The van der Waals surface area contributed by atoms with Crippen molar-refractivity contribution in [1.82, 2.24) is 14.6 Å². The molecule has 0 saturated heterocycles. The van der Waals surface area contributed by atoms with Crippen LogP contribution in [0.1, 0.15) is 11.9 Å². The van der Waals surface area contributed by atoms with Crippen LogP contribution in [0.25, 0.3) is 16.2 Å². The van der Waals surface area contributed by atoms with Gasteiger partial charge in [0.05, 0.1) is 11.9 Å². The molecule has 0 aliphatic rings. The van der Waals surface area contributed by atoms with Gasteiger partial charge in [-0.3, -0.25) is 4.79 Å². The van der Waals surface area contributed by atoms with Crippen molar-refractivity contribution in [1.29, 1.82) is 0 Å². The fourth-order valence-corrected chi connectivity index (χ4v) is 2.66. The zero-order valence-corrected chi connectivity index (χ0v) is 12.4. The van der Waals surface area contributed by atoms with E-state index in [2.05, 4.69) is 27.2 Å². The number of carbonyl (C=O) groups excluding carboxylic acids is 1. The van der Waals surface area contributed by atoms with Crippen molar-refractivity contribution in [2.45, 2.75) is 13.8 Å². The van der Waals surface area contributed by atoms with Crippen LogP contribution in [0, 0.1) is 18.8 Å². The molecule has 3 rings (SSSR count). The molecule has 104 valence electrons. The highest BCUT2D eigenvalue weighted by atomic mass is 32.1. The predicted octanol–water partition coefficient (Wildman–Crippen LogP) is 2.73. The third kappa shape index (κ3) is 2.78. The number of nitrogens with zero attached hydrogens (tertiary/aromatic N) is 3. The molecule has 0 radical (unpaired) electrons. The van der Waals surface area contributed by atoms with E-state index < -0.39 is 0 Å². The van der Waals surface area contributed by atoms with Gasteiger partial charge in [-0.2, -0.15) is 5.10 Å². The molecule has 0 aliphatic heterocycles. The van der Waals surface area contributed by atoms with E-state index >= 15 is 0 Å². The predicted molar refractivity (Wildman–Crippen MR) is 83.1 cm³/mol. The molecule has 2 heterocycles. The first-order valence-corrected chi connectivity index (χ1v) is 7.14. The van der Waals surface area contributed by atoms with E-state index in [1.165, 1.54) is 0 Å². The maximum atomic E-state index is 11.4. The van der Waals surface area contributed by atoms with Crippen molar-refractivity contribution in [3.8, 4) is 23.1 Å². The van der Waals surface area contributed by atoms with Gasteiger partial charge in [0, 0.05) is 11.3 Å². The molecule has 0 unspecified atom stereocenters. The number of hydrogen-bond donors (Lipinski definition) is 1. The summed E-state index contributed by atoms with van der Waals surface area (Å²) in [6.07, 6.45) is 1.90. The molecule has 1 N–H and O–H groups in total. The number of fused-ring (bicyclic) bond motifs is 1. The Morgan fingerprint density at radius 3 is 2.76 bits per heavy atom. The number of rotatable bonds is 2. The SMILES string of the molecule is CC#CC(=O)Nc1ccc(-c2cn3nc(C)sc3n2)cc1. The quantitative estimate of drug-likeness (QED) is 0.740. The number of anilines is 1. The van der Waals surface area contributed by atoms with Crippen molar-refractivity contribution in [3.63, 3.8) is 0 Å². The minimum Gasteiger partial charge on any atom is -0.315 e. The van der Waals surface area contributed by atoms with E-state index in [-0.39, 0.29) is 5.91 Å². The van der Waals surface area contributed by atoms with Gasteiger partial charge >= 0.3 is 0 Å². The number of hydrogen-bond acceptors (Lipinski definition) is 4. The van der Waals surface area contributed by atoms with Crippen molar-refractivity contribution in [3.05, 3.63) is 35.5 Å². The third-order valence-corrected chi connectivity index (χ3v) is 3.66. The molecule has 1 amide bonds. The molecule has 2 aromatic heterocycles. The Morgan fingerprint density at radius 2 is 2.10 bits per heavy atom. The monoisotopic (exact) mass is 296 g/mol. The molecular weight excluding hydrogens is 284 g/mol. The second kappa shape index (κ2) is 5.38. The van der Waals surface area contributed by atoms with E-state index in [0.717, 1.165) is 21.2 Å². The maximum absolute atomic E-state index is 11.4. The molecule has 0 saturated carbocycles. The molecule has 5 nitrogen and oxygen atoms in total. The van der Waals surface area contributed by atoms with Gasteiger partial charge in [-0.05, 0) is 31.9 Å². The standard InChI is InChI=1S/C15H12N4OS/c1-3-4-14(20)16-12-7-5-11(6-8-12)13-9-19-15(17-13)21-10(2)18-19/h5-9H,1-2H3,(H,16,20). The first kappa shape index (κ1) is 13.3. The first-order chi connectivity index (χ1) is 10.2. The van der Waals surface area contributed by atoms with Crippen LogP contribution in [0.5, 0.6) is 0 Å². The Hall–Kier alpha value is -2.65. The summed E-state index contributed by atoms with van der Waals surface area (Å²) in [5.41, 5.74) is 2.55. The number of imidazole rings is 1. The van der Waals surface area contributed by atoms with Crippen LogP contribution in [0.2, 0.25) is 0 Å². The van der Waals surface area contributed by atoms with Crippen LogP contribution in [0.15, 0.2) is 30.5 Å². The molecule has 6 heteroatoms. The molecule has 0 bridgehead atoms. The summed E-state index contributed by atoms with van der Waals surface area (Å²) in [5.74, 6) is 4.69. The van der Waals surface area contributed by atoms with E-state index in [4.69, 9.17) is 0 Å². The number of carbonyl (C=O) groups is 1. The smallest absolute Gasteiger partial charge is 0.300 e. The zero-order chi connectivity index (χ0) is 14.8. The molecule has 1 aromatic carbocycles. The number of nitrogens with one attached hydrogen (secondary N) is 1. The van der Waals surface area contributed by atoms with Gasteiger partial charge < -0.3 is 5.32 Å². The van der Waals surface area contributed by atoms with Crippen LogP contribution in [0.3, 0.4) is 0 Å². The Kier molecular flexibility index (Phi) is 3.42. The van der Waals surface area contributed by atoms with Crippen molar-refractivity contribution < 1.29 is 4.79 Å². The number of benzene rings is 1. The van der Waals surface area contributed by atoms with Crippen molar-refractivity contribution in [2.24, 2.45) is 0 Å². The van der Waals surface area contributed by atoms with Crippen LogP contribution < -0.4 is 5.32 Å². The minimum atomic E-state index is -0.313. The van der Waals surface area contributed by atoms with Gasteiger partial charge in [-0.25, -0.2) is 9.50 Å². The van der Waals surface area contributed by atoms with E-state index in [1.54, 1.807) is 22.8 Å². The lowest BCUT2D eigenvalue weighted by molar-refractivity contribution is -0.111. The molecule has 0 fully saturated rings. The van der Waals surface area contributed by atoms with Gasteiger partial charge in [-0.1, -0.05) is 29.4 Å². The lowest BCUT2D eigenvalue weighted by Gasteiger charge is -2.02. The first-order valence-electron chi connectivity index (χ1n) is 6.33. The average molecular weight is 296 g/mol. The lowest BCUT2D eigenvalue weighted by Crippen LogP contribution is -2.07. The third-order valence-electron chi connectivity index (χ3n) is 2.82. The average Bonchev–Trinajstić information content (AvgIpc) is 2.97. The normalized spacial score (nSPS) is 10.2. The second-order valence-corrected chi connectivity index (χ2v) is 5.54. The second-order valence-electron chi connectivity index (χ2n) is 4.38. The maximum Gasteiger partial charge on any atom is 0.300 e. The summed E-state index contributed by atoms with van der Waals surface area (Å²) < 4.78 is 1.78. The summed E-state index contributed by atoms with van der Waals surface area (Å²) in [7, 11) is 0. The number of aromatic nitrogens is 3. The fourth-order valence-electron chi connectivity index (χ4n) is 1.94. The zero-order valence-electron chi connectivity index (χ0n) is 11.5. The lowest BCUT2D eigenvalue weighted by atomic mass is 10.1. The minimum absolute atomic E-state index is 0.313. The summed E-state index contributed by atoms with van der Waals surface area (Å²) in [6, 6.07) is 7.48. The van der Waals surface area contributed by atoms with E-state index in [9.17, 15) is 4.79 Å². The van der Waals surface area contributed by atoms with Gasteiger partial charge in [0.2, 0.25) is 4.96 Å². The van der Waals surface area contributed by atoms with Crippen LogP contribution in [-0.2, 0) is 4.79 Å². The largest absolute Gasteiger partial charge is 0.315 e. The summed E-state index contributed by atoms with van der Waals surface area (Å²) in [4.78, 5) is 16.8. The van der Waals surface area contributed by atoms with Gasteiger partial charge in [-0.15, -0.1) is 0 Å². The van der Waals surface area contributed by atoms with Gasteiger partial charge in [0.15, 0.2) is 0 Å². The summed E-state index contributed by atoms with van der Waals surface area (Å²) in [6.45, 7) is 3.58. The van der Waals surface area contributed by atoms with Crippen LogP contribution in [0.4, 0.5) is 5.69 Å². The molecule has 3 aromatic rings. The Balaban J connectivity index is 1.83. The summed E-state index contributed by atoms with van der Waals surface area (Å²) >= 11 is 1.55. The fraction of sp³-hybridized carbons (Fsp3) is 0.133. The van der Waals surface area contributed by atoms with Gasteiger partial charge in [0.25, 0.3) is 5.91 Å². The molecule has 0 spiro atoms. The molecule has 0 aliphatic carbocycles.